The van der Waals surface area contributed by atoms with Crippen LogP contribution in [-0.4, -0.2) is 48.3 Å². The fourth-order valence-corrected chi connectivity index (χ4v) is 4.93. The summed E-state index contributed by atoms with van der Waals surface area (Å²) in [6, 6.07) is 18.3. The molecule has 180 valence electrons. The first-order chi connectivity index (χ1) is 16.4. The van der Waals surface area contributed by atoms with Crippen LogP contribution in [0.1, 0.15) is 43.7 Å². The Bertz CT molecular complexity index is 997. The zero-order chi connectivity index (χ0) is 24.1. The second-order valence-corrected chi connectivity index (χ2v) is 9.77. The molecule has 2 heterocycles. The summed E-state index contributed by atoms with van der Waals surface area (Å²) >= 11 is 0. The number of benzene rings is 2. The lowest BCUT2D eigenvalue weighted by Crippen LogP contribution is -2.46. The Morgan fingerprint density at radius 3 is 2.35 bits per heavy atom. The van der Waals surface area contributed by atoms with Crippen LogP contribution in [0.2, 0.25) is 0 Å². The number of nitrogens with one attached hydrogen (secondary N) is 1. The maximum Gasteiger partial charge on any atom is 0.228 e. The molecule has 0 bridgehead atoms. The molecule has 2 saturated heterocycles. The number of amides is 3. The lowest BCUT2D eigenvalue weighted by atomic mass is 9.94. The molecule has 6 nitrogen and oxygen atoms in total. The van der Waals surface area contributed by atoms with Gasteiger partial charge in [0.1, 0.15) is 0 Å². The Kier molecular flexibility index (Phi) is 7.66. The van der Waals surface area contributed by atoms with Gasteiger partial charge < -0.3 is 15.1 Å². The number of aryl methyl sites for hydroxylation is 2. The minimum absolute atomic E-state index is 0.000886. The van der Waals surface area contributed by atoms with Crippen LogP contribution in [0, 0.1) is 18.8 Å². The zero-order valence-electron chi connectivity index (χ0n) is 20.2. The topological polar surface area (TPSA) is 69.7 Å². The molecule has 2 fully saturated rings. The summed E-state index contributed by atoms with van der Waals surface area (Å²) in [6.45, 7) is 5.64. The molecule has 2 aliphatic heterocycles. The van der Waals surface area contributed by atoms with Crippen LogP contribution in [0.25, 0.3) is 0 Å². The van der Waals surface area contributed by atoms with E-state index in [2.05, 4.69) is 24.4 Å². The van der Waals surface area contributed by atoms with Gasteiger partial charge in [-0.25, -0.2) is 0 Å². The normalized spacial score (nSPS) is 19.8. The van der Waals surface area contributed by atoms with Gasteiger partial charge in [0.05, 0.1) is 5.92 Å². The Balaban J connectivity index is 1.22. The second kappa shape index (κ2) is 10.9. The molecule has 34 heavy (non-hydrogen) atoms. The predicted molar refractivity (Wildman–Crippen MR) is 133 cm³/mol. The SMILES string of the molecule is Cc1ccc(N2CC(C(=O)N3CCC(C(=O)NC(C)CCc4ccccc4)CC3)CC2=O)cc1. The molecule has 2 aliphatic rings. The van der Waals surface area contributed by atoms with E-state index in [0.717, 1.165) is 24.1 Å². The number of likely N-dealkylation sites (tertiary alicyclic amines) is 1. The number of rotatable bonds is 7. The van der Waals surface area contributed by atoms with E-state index in [1.54, 1.807) is 4.90 Å². The highest BCUT2D eigenvalue weighted by Crippen LogP contribution is 2.28. The lowest BCUT2D eigenvalue weighted by molar-refractivity contribution is -0.139. The van der Waals surface area contributed by atoms with E-state index in [4.69, 9.17) is 0 Å². The van der Waals surface area contributed by atoms with E-state index in [0.29, 0.717) is 32.5 Å². The summed E-state index contributed by atoms with van der Waals surface area (Å²) < 4.78 is 0. The van der Waals surface area contributed by atoms with Gasteiger partial charge in [-0.15, -0.1) is 0 Å². The van der Waals surface area contributed by atoms with Gasteiger partial charge in [0.15, 0.2) is 0 Å². The van der Waals surface area contributed by atoms with Crippen LogP contribution >= 0.6 is 0 Å². The molecule has 0 spiro atoms. The lowest BCUT2D eigenvalue weighted by Gasteiger charge is -2.33. The predicted octanol–water partition coefficient (Wildman–Crippen LogP) is 3.72. The Labute approximate surface area is 202 Å². The van der Waals surface area contributed by atoms with E-state index in [1.807, 2.05) is 54.3 Å². The first-order valence-corrected chi connectivity index (χ1v) is 12.4. The maximum atomic E-state index is 13.1. The summed E-state index contributed by atoms with van der Waals surface area (Å²) in [4.78, 5) is 42.0. The van der Waals surface area contributed by atoms with Crippen molar-refractivity contribution in [2.75, 3.05) is 24.5 Å². The van der Waals surface area contributed by atoms with E-state index in [1.165, 1.54) is 5.56 Å². The molecule has 0 saturated carbocycles. The van der Waals surface area contributed by atoms with Crippen LogP contribution in [0.5, 0.6) is 0 Å². The zero-order valence-corrected chi connectivity index (χ0v) is 20.2. The minimum Gasteiger partial charge on any atom is -0.353 e. The van der Waals surface area contributed by atoms with Crippen molar-refractivity contribution in [3.8, 4) is 0 Å². The fourth-order valence-electron chi connectivity index (χ4n) is 4.93. The van der Waals surface area contributed by atoms with Crippen molar-refractivity contribution in [3.63, 3.8) is 0 Å². The van der Waals surface area contributed by atoms with Crippen molar-refractivity contribution in [2.45, 2.75) is 52.0 Å². The van der Waals surface area contributed by atoms with Crippen LogP contribution in [0.15, 0.2) is 54.6 Å². The summed E-state index contributed by atoms with van der Waals surface area (Å²) in [5, 5.41) is 3.16. The van der Waals surface area contributed by atoms with Gasteiger partial charge in [-0.05, 0) is 57.2 Å². The number of hydrogen-bond acceptors (Lipinski definition) is 3. The van der Waals surface area contributed by atoms with Crippen LogP contribution in [-0.2, 0) is 20.8 Å². The minimum atomic E-state index is -0.308. The molecule has 3 amide bonds. The standard InChI is InChI=1S/C28H35N3O3/c1-20-8-12-25(13-9-20)31-19-24(18-26(31)32)28(34)30-16-14-23(15-17-30)27(33)29-21(2)10-11-22-6-4-3-5-7-22/h3-9,12-13,21,23-24H,10-11,14-19H2,1-2H3,(H,29,33). The average Bonchev–Trinajstić information content (AvgIpc) is 3.25. The summed E-state index contributed by atoms with van der Waals surface area (Å²) in [5.41, 5.74) is 3.27. The summed E-state index contributed by atoms with van der Waals surface area (Å²) in [5.74, 6) is -0.233. The van der Waals surface area contributed by atoms with Crippen molar-refractivity contribution in [3.05, 3.63) is 65.7 Å². The molecule has 2 aromatic carbocycles. The summed E-state index contributed by atoms with van der Waals surface area (Å²) in [7, 11) is 0. The highest BCUT2D eigenvalue weighted by atomic mass is 16.2. The van der Waals surface area contributed by atoms with E-state index >= 15 is 0 Å². The monoisotopic (exact) mass is 461 g/mol. The van der Waals surface area contributed by atoms with E-state index in [-0.39, 0.29) is 42.0 Å². The fraction of sp³-hybridized carbons (Fsp3) is 0.464. The largest absolute Gasteiger partial charge is 0.353 e. The van der Waals surface area contributed by atoms with Crippen molar-refractivity contribution in [1.29, 1.82) is 0 Å². The first kappa shape index (κ1) is 24.0. The van der Waals surface area contributed by atoms with E-state index < -0.39 is 0 Å². The van der Waals surface area contributed by atoms with Crippen molar-refractivity contribution in [1.82, 2.24) is 10.2 Å². The number of carbonyl (C=O) groups is 3. The molecular weight excluding hydrogens is 426 g/mol. The molecule has 6 heteroatoms. The summed E-state index contributed by atoms with van der Waals surface area (Å²) in [6.07, 6.45) is 3.44. The number of piperidine rings is 1. The van der Waals surface area contributed by atoms with Crippen molar-refractivity contribution >= 4 is 23.4 Å². The van der Waals surface area contributed by atoms with Crippen LogP contribution < -0.4 is 10.2 Å². The second-order valence-electron chi connectivity index (χ2n) is 9.77. The highest BCUT2D eigenvalue weighted by molar-refractivity contribution is 6.00. The Hall–Kier alpha value is -3.15. The number of nitrogens with zero attached hydrogens (tertiary/aromatic N) is 2. The maximum absolute atomic E-state index is 13.1. The Morgan fingerprint density at radius 1 is 1.00 bits per heavy atom. The number of hydrogen-bond donors (Lipinski definition) is 1. The van der Waals surface area contributed by atoms with Crippen LogP contribution in [0.4, 0.5) is 5.69 Å². The molecule has 2 atom stereocenters. The quantitative estimate of drug-likeness (QED) is 0.683. The third-order valence-electron chi connectivity index (χ3n) is 7.09. The van der Waals surface area contributed by atoms with Gasteiger partial charge >= 0.3 is 0 Å². The molecule has 0 aliphatic carbocycles. The van der Waals surface area contributed by atoms with Gasteiger partial charge in [0.2, 0.25) is 17.7 Å². The average molecular weight is 462 g/mol. The van der Waals surface area contributed by atoms with Gasteiger partial charge in [-0.2, -0.15) is 0 Å². The van der Waals surface area contributed by atoms with E-state index in [9.17, 15) is 14.4 Å². The van der Waals surface area contributed by atoms with Gasteiger partial charge in [-0.1, -0.05) is 48.0 Å². The number of anilines is 1. The molecule has 0 radical (unpaired) electrons. The van der Waals surface area contributed by atoms with Gasteiger partial charge in [-0.3, -0.25) is 14.4 Å². The van der Waals surface area contributed by atoms with Crippen LogP contribution in [0.3, 0.4) is 0 Å². The molecule has 4 rings (SSSR count). The third-order valence-corrected chi connectivity index (χ3v) is 7.09. The first-order valence-electron chi connectivity index (χ1n) is 12.4. The molecule has 2 aromatic rings. The van der Waals surface area contributed by atoms with Crippen molar-refractivity contribution in [2.24, 2.45) is 11.8 Å². The Morgan fingerprint density at radius 2 is 1.68 bits per heavy atom. The molecular formula is C28H35N3O3. The molecule has 2 unspecified atom stereocenters. The molecule has 0 aromatic heterocycles. The highest BCUT2D eigenvalue weighted by Gasteiger charge is 2.38. The molecule has 1 N–H and O–H groups in total. The smallest absolute Gasteiger partial charge is 0.228 e. The van der Waals surface area contributed by atoms with Crippen molar-refractivity contribution < 1.29 is 14.4 Å². The number of carbonyl (C=O) groups excluding carboxylic acids is 3. The van der Waals surface area contributed by atoms with Gasteiger partial charge in [0, 0.05) is 43.7 Å². The third kappa shape index (κ3) is 5.85. The van der Waals surface area contributed by atoms with Gasteiger partial charge in [0.25, 0.3) is 0 Å².